The molecule has 4 nitrogen and oxygen atoms in total. The van der Waals surface area contributed by atoms with Crippen LogP contribution in [0.3, 0.4) is 0 Å². The number of aliphatic hydroxyl groups excluding tert-OH is 1. The number of nitrogens with one attached hydrogen (secondary N) is 1. The molecule has 1 heterocycles. The second-order valence-electron chi connectivity index (χ2n) is 7.30. The number of ether oxygens (including phenoxy) is 1. The summed E-state index contributed by atoms with van der Waals surface area (Å²) in [6.45, 7) is 0.648. The highest BCUT2D eigenvalue weighted by Crippen LogP contribution is 2.30. The molecule has 0 aliphatic heterocycles. The normalized spacial score (nSPS) is 13.3. The highest BCUT2D eigenvalue weighted by Gasteiger charge is 2.23. The van der Waals surface area contributed by atoms with Crippen molar-refractivity contribution in [2.24, 2.45) is 0 Å². The van der Waals surface area contributed by atoms with Gasteiger partial charge in [0.25, 0.3) is 0 Å². The van der Waals surface area contributed by atoms with Crippen molar-refractivity contribution >= 4 is 10.9 Å². The molecule has 30 heavy (non-hydrogen) atoms. The summed E-state index contributed by atoms with van der Waals surface area (Å²) < 4.78 is 21.7. The first-order valence-electron chi connectivity index (χ1n) is 10.0. The number of hydrogen-bond donors (Lipinski definition) is 2. The number of fused-ring (bicyclic) bond motifs is 1. The van der Waals surface area contributed by atoms with E-state index in [1.807, 2.05) is 67.8 Å². The van der Waals surface area contributed by atoms with E-state index < -0.39 is 6.10 Å². The summed E-state index contributed by atoms with van der Waals surface area (Å²) in [4.78, 5) is 0. The van der Waals surface area contributed by atoms with Crippen molar-refractivity contribution in [3.05, 3.63) is 102 Å². The molecule has 0 aliphatic carbocycles. The van der Waals surface area contributed by atoms with Crippen LogP contribution in [-0.2, 0) is 6.61 Å². The summed E-state index contributed by atoms with van der Waals surface area (Å²) in [5.74, 6) is 0.407. The first-order chi connectivity index (χ1) is 14.7. The van der Waals surface area contributed by atoms with Crippen molar-refractivity contribution in [2.45, 2.75) is 18.8 Å². The average molecular weight is 404 g/mol. The Labute approximate surface area is 175 Å². The van der Waals surface area contributed by atoms with Crippen molar-refractivity contribution in [3.63, 3.8) is 0 Å². The lowest BCUT2D eigenvalue weighted by atomic mass is 10.0. The number of likely N-dealkylation sites (N-methyl/N-ethyl adjacent to an activating group) is 1. The van der Waals surface area contributed by atoms with Crippen molar-refractivity contribution < 1.29 is 14.2 Å². The van der Waals surface area contributed by atoms with Crippen molar-refractivity contribution in [3.8, 4) is 5.75 Å². The predicted octanol–water partition coefficient (Wildman–Crippen LogP) is 4.53. The van der Waals surface area contributed by atoms with E-state index in [-0.39, 0.29) is 18.5 Å². The number of nitrogens with zero attached hydrogens (tertiary/aromatic N) is 1. The van der Waals surface area contributed by atoms with Gasteiger partial charge in [-0.2, -0.15) is 0 Å². The summed E-state index contributed by atoms with van der Waals surface area (Å²) in [6, 6.07) is 24.2. The zero-order chi connectivity index (χ0) is 20.9. The number of halogens is 1. The van der Waals surface area contributed by atoms with Gasteiger partial charge >= 0.3 is 0 Å². The molecular weight excluding hydrogens is 379 g/mol. The monoisotopic (exact) mass is 404 g/mol. The van der Waals surface area contributed by atoms with Gasteiger partial charge in [-0.05, 0) is 42.9 Å². The van der Waals surface area contributed by atoms with Gasteiger partial charge in [-0.1, -0.05) is 48.5 Å². The van der Waals surface area contributed by atoms with Crippen LogP contribution in [0.1, 0.15) is 17.2 Å². The molecule has 4 aromatic rings. The van der Waals surface area contributed by atoms with E-state index in [4.69, 9.17) is 4.74 Å². The van der Waals surface area contributed by atoms with E-state index in [1.54, 1.807) is 18.2 Å². The summed E-state index contributed by atoms with van der Waals surface area (Å²) in [5, 5.41) is 14.9. The third kappa shape index (κ3) is 4.22. The van der Waals surface area contributed by atoms with E-state index in [0.717, 1.165) is 16.5 Å². The second kappa shape index (κ2) is 9.11. The fourth-order valence-corrected chi connectivity index (χ4v) is 3.79. The first-order valence-corrected chi connectivity index (χ1v) is 10.0. The maximum absolute atomic E-state index is 13.8. The standard InChI is InChI=1S/C25H25FN2O2/c1-27-16-24(29)25(18-7-3-2-4-8-18)28-14-13-19-15-21(11-12-23(19)28)30-17-20-9-5-6-10-22(20)26/h2-15,24-25,27,29H,16-17H2,1H3. The summed E-state index contributed by atoms with van der Waals surface area (Å²) >= 11 is 0. The SMILES string of the molecule is CNCC(O)C(c1ccccc1)n1ccc2cc(OCc3ccccc3F)ccc21. The predicted molar refractivity (Wildman–Crippen MR) is 117 cm³/mol. The molecule has 4 rings (SSSR count). The van der Waals surface area contributed by atoms with Crippen molar-refractivity contribution in [1.29, 1.82) is 0 Å². The maximum Gasteiger partial charge on any atom is 0.129 e. The van der Waals surface area contributed by atoms with Crippen LogP contribution >= 0.6 is 0 Å². The van der Waals surface area contributed by atoms with Gasteiger partial charge in [0.2, 0.25) is 0 Å². The maximum atomic E-state index is 13.8. The van der Waals surface area contributed by atoms with Crippen LogP contribution in [0.2, 0.25) is 0 Å². The van der Waals surface area contributed by atoms with Gasteiger partial charge in [0.1, 0.15) is 18.2 Å². The molecule has 5 heteroatoms. The lowest BCUT2D eigenvalue weighted by Gasteiger charge is -2.26. The Morgan fingerprint density at radius 2 is 1.77 bits per heavy atom. The number of rotatable bonds is 8. The van der Waals surface area contributed by atoms with E-state index in [1.165, 1.54) is 6.07 Å². The smallest absolute Gasteiger partial charge is 0.129 e. The molecule has 1 aromatic heterocycles. The minimum absolute atomic E-state index is 0.173. The molecule has 0 amide bonds. The molecule has 2 atom stereocenters. The number of hydrogen-bond acceptors (Lipinski definition) is 3. The van der Waals surface area contributed by atoms with Gasteiger partial charge < -0.3 is 19.7 Å². The van der Waals surface area contributed by atoms with Crippen LogP contribution in [-0.4, -0.2) is 29.4 Å². The fourth-order valence-electron chi connectivity index (χ4n) is 3.79. The Morgan fingerprint density at radius 1 is 1.00 bits per heavy atom. The van der Waals surface area contributed by atoms with E-state index in [0.29, 0.717) is 17.9 Å². The molecule has 0 spiro atoms. The largest absolute Gasteiger partial charge is 0.489 e. The molecule has 0 fully saturated rings. The van der Waals surface area contributed by atoms with E-state index >= 15 is 0 Å². The third-order valence-electron chi connectivity index (χ3n) is 5.26. The molecule has 2 N–H and O–H groups in total. The van der Waals surface area contributed by atoms with Gasteiger partial charge in [0.15, 0.2) is 0 Å². The van der Waals surface area contributed by atoms with E-state index in [9.17, 15) is 9.50 Å². The highest BCUT2D eigenvalue weighted by molar-refractivity contribution is 5.82. The van der Waals surface area contributed by atoms with Crippen LogP contribution in [0.25, 0.3) is 10.9 Å². The molecule has 0 saturated heterocycles. The quantitative estimate of drug-likeness (QED) is 0.454. The summed E-state index contributed by atoms with van der Waals surface area (Å²) in [5.41, 5.74) is 2.56. The molecule has 2 unspecified atom stereocenters. The van der Waals surface area contributed by atoms with Crippen LogP contribution in [0.4, 0.5) is 4.39 Å². The average Bonchev–Trinajstić information content (AvgIpc) is 3.17. The van der Waals surface area contributed by atoms with Crippen LogP contribution in [0.5, 0.6) is 5.75 Å². The van der Waals surface area contributed by atoms with Gasteiger partial charge in [-0.25, -0.2) is 4.39 Å². The Morgan fingerprint density at radius 3 is 2.53 bits per heavy atom. The van der Waals surface area contributed by atoms with E-state index in [2.05, 4.69) is 9.88 Å². The Bertz CT molecular complexity index is 1110. The topological polar surface area (TPSA) is 46.4 Å². The first kappa shape index (κ1) is 20.1. The zero-order valence-electron chi connectivity index (χ0n) is 16.8. The lowest BCUT2D eigenvalue weighted by Crippen LogP contribution is -2.33. The summed E-state index contributed by atoms with van der Waals surface area (Å²) in [7, 11) is 1.83. The second-order valence-corrected chi connectivity index (χ2v) is 7.30. The summed E-state index contributed by atoms with van der Waals surface area (Å²) in [6.07, 6.45) is 1.40. The van der Waals surface area contributed by atoms with Gasteiger partial charge in [-0.3, -0.25) is 0 Å². The number of aliphatic hydroxyl groups is 1. The Kier molecular flexibility index (Phi) is 6.12. The molecular formula is C25H25FN2O2. The van der Waals surface area contributed by atoms with Crippen molar-refractivity contribution in [1.82, 2.24) is 9.88 Å². The van der Waals surface area contributed by atoms with Crippen LogP contribution < -0.4 is 10.1 Å². The highest BCUT2D eigenvalue weighted by atomic mass is 19.1. The molecule has 0 saturated carbocycles. The van der Waals surface area contributed by atoms with Crippen LogP contribution in [0, 0.1) is 5.82 Å². The van der Waals surface area contributed by atoms with Gasteiger partial charge in [-0.15, -0.1) is 0 Å². The molecule has 0 bridgehead atoms. The molecule has 0 radical (unpaired) electrons. The van der Waals surface area contributed by atoms with Crippen molar-refractivity contribution in [2.75, 3.05) is 13.6 Å². The molecule has 3 aromatic carbocycles. The van der Waals surface area contributed by atoms with Gasteiger partial charge in [0.05, 0.1) is 12.1 Å². The minimum atomic E-state index is -0.593. The Hall–Kier alpha value is -3.15. The molecule has 154 valence electrons. The third-order valence-corrected chi connectivity index (χ3v) is 5.26. The zero-order valence-corrected chi connectivity index (χ0v) is 16.8. The van der Waals surface area contributed by atoms with Gasteiger partial charge in [0, 0.05) is 29.2 Å². The Balaban J connectivity index is 1.62. The number of aromatic nitrogens is 1. The fraction of sp³-hybridized carbons (Fsp3) is 0.200. The number of benzene rings is 3. The minimum Gasteiger partial charge on any atom is -0.489 e. The van der Waals surface area contributed by atoms with Crippen LogP contribution in [0.15, 0.2) is 85.1 Å². The lowest BCUT2D eigenvalue weighted by molar-refractivity contribution is 0.132. The molecule has 0 aliphatic rings.